The number of halogens is 1. The van der Waals surface area contributed by atoms with Crippen LogP contribution in [0.2, 0.25) is 5.02 Å². The zero-order chi connectivity index (χ0) is 16.3. The molecular weight excluding hydrogens is 302 g/mol. The minimum absolute atomic E-state index is 0.0713. The third-order valence-corrected chi connectivity index (χ3v) is 4.37. The molecule has 1 amide bonds. The molecule has 0 aromatic carbocycles. The fraction of sp³-hybridized carbons (Fsp3) is 0.750. The van der Waals surface area contributed by atoms with Crippen LogP contribution in [0.5, 0.6) is 0 Å². The summed E-state index contributed by atoms with van der Waals surface area (Å²) in [6.07, 6.45) is 5.06. The summed E-state index contributed by atoms with van der Waals surface area (Å²) in [6.45, 7) is 7.65. The Morgan fingerprint density at radius 1 is 1.50 bits per heavy atom. The highest BCUT2D eigenvalue weighted by Crippen LogP contribution is 2.24. The maximum absolute atomic E-state index is 12.7. The molecule has 1 aliphatic rings. The van der Waals surface area contributed by atoms with Gasteiger partial charge in [-0.3, -0.25) is 9.48 Å². The van der Waals surface area contributed by atoms with Crippen molar-refractivity contribution in [3.8, 4) is 0 Å². The predicted molar refractivity (Wildman–Crippen MR) is 87.1 cm³/mol. The van der Waals surface area contributed by atoms with Gasteiger partial charge in [0.2, 0.25) is 0 Å². The monoisotopic (exact) mass is 327 g/mol. The molecule has 6 heteroatoms. The molecule has 124 valence electrons. The van der Waals surface area contributed by atoms with Gasteiger partial charge in [-0.15, -0.1) is 0 Å². The van der Waals surface area contributed by atoms with Gasteiger partial charge in [0.15, 0.2) is 5.69 Å². The third-order valence-electron chi connectivity index (χ3n) is 4.09. The number of nitrogens with zero attached hydrogens (tertiary/aromatic N) is 3. The first kappa shape index (κ1) is 17.3. The van der Waals surface area contributed by atoms with Gasteiger partial charge >= 0.3 is 0 Å². The molecule has 0 radical (unpaired) electrons. The van der Waals surface area contributed by atoms with Crippen molar-refractivity contribution < 1.29 is 9.53 Å². The van der Waals surface area contributed by atoms with Crippen molar-refractivity contribution in [1.29, 1.82) is 0 Å². The van der Waals surface area contributed by atoms with Crippen LogP contribution < -0.4 is 0 Å². The van der Waals surface area contributed by atoms with Crippen LogP contribution in [-0.4, -0.2) is 45.9 Å². The summed E-state index contributed by atoms with van der Waals surface area (Å²) in [5.41, 5.74) is 0.336. The van der Waals surface area contributed by atoms with Gasteiger partial charge in [-0.2, -0.15) is 5.10 Å². The molecule has 1 fully saturated rings. The standard InChI is InChI=1S/C16H26ClN3O2/c1-5-6-7-12-8-20(10-14(22-12)11(2)3)16(21)15-13(17)9-19(4)18-15/h9,11-12,14H,5-8,10H2,1-4H3/t12-,14-/m1/s1. The molecular formula is C16H26ClN3O2. The van der Waals surface area contributed by atoms with Gasteiger partial charge in [0.25, 0.3) is 5.91 Å². The SMILES string of the molecule is CCCC[C@@H]1CN(C(=O)c2nn(C)cc2Cl)C[C@H](C(C)C)O1. The highest BCUT2D eigenvalue weighted by Gasteiger charge is 2.33. The van der Waals surface area contributed by atoms with Crippen molar-refractivity contribution in [3.63, 3.8) is 0 Å². The van der Waals surface area contributed by atoms with Crippen molar-refractivity contribution in [1.82, 2.24) is 14.7 Å². The number of amides is 1. The van der Waals surface area contributed by atoms with Crippen molar-refractivity contribution in [3.05, 3.63) is 16.9 Å². The molecule has 2 atom stereocenters. The average molecular weight is 328 g/mol. The van der Waals surface area contributed by atoms with E-state index in [2.05, 4.69) is 25.9 Å². The Morgan fingerprint density at radius 3 is 2.77 bits per heavy atom. The van der Waals surface area contributed by atoms with Gasteiger partial charge in [-0.1, -0.05) is 45.2 Å². The van der Waals surface area contributed by atoms with E-state index in [9.17, 15) is 4.79 Å². The zero-order valence-electron chi connectivity index (χ0n) is 13.9. The van der Waals surface area contributed by atoms with Gasteiger partial charge in [0, 0.05) is 26.3 Å². The Morgan fingerprint density at radius 2 is 2.23 bits per heavy atom. The minimum Gasteiger partial charge on any atom is -0.371 e. The number of carbonyl (C=O) groups is 1. The largest absolute Gasteiger partial charge is 0.371 e. The molecule has 0 aliphatic carbocycles. The van der Waals surface area contributed by atoms with E-state index >= 15 is 0 Å². The first-order valence-electron chi connectivity index (χ1n) is 8.06. The van der Waals surface area contributed by atoms with Crippen LogP contribution in [0.3, 0.4) is 0 Å². The molecule has 5 nitrogen and oxygen atoms in total. The van der Waals surface area contributed by atoms with Crippen LogP contribution in [0.15, 0.2) is 6.20 Å². The number of hydrogen-bond acceptors (Lipinski definition) is 3. The van der Waals surface area contributed by atoms with Crippen LogP contribution in [0.1, 0.15) is 50.5 Å². The molecule has 2 heterocycles. The zero-order valence-corrected chi connectivity index (χ0v) is 14.6. The normalized spacial score (nSPS) is 22.4. The lowest BCUT2D eigenvalue weighted by Crippen LogP contribution is -2.51. The number of aryl methyl sites for hydroxylation is 1. The Labute approximate surface area is 137 Å². The number of rotatable bonds is 5. The number of morpholine rings is 1. The van der Waals surface area contributed by atoms with Crippen molar-refractivity contribution in [2.24, 2.45) is 13.0 Å². The molecule has 0 bridgehead atoms. The lowest BCUT2D eigenvalue weighted by molar-refractivity contribution is -0.0963. The molecule has 0 saturated carbocycles. The van der Waals surface area contributed by atoms with Gasteiger partial charge in [0.1, 0.15) is 0 Å². The van der Waals surface area contributed by atoms with Crippen molar-refractivity contribution >= 4 is 17.5 Å². The van der Waals surface area contributed by atoms with E-state index in [1.165, 1.54) is 0 Å². The molecule has 0 unspecified atom stereocenters. The topological polar surface area (TPSA) is 47.4 Å². The molecule has 2 rings (SSSR count). The lowest BCUT2D eigenvalue weighted by atomic mass is 10.0. The number of aromatic nitrogens is 2. The van der Waals surface area contributed by atoms with Crippen LogP contribution >= 0.6 is 11.6 Å². The third kappa shape index (κ3) is 4.02. The van der Waals surface area contributed by atoms with E-state index in [0.717, 1.165) is 19.3 Å². The molecule has 0 spiro atoms. The Hall–Kier alpha value is -1.07. The molecule has 1 aromatic rings. The second-order valence-electron chi connectivity index (χ2n) is 6.39. The van der Waals surface area contributed by atoms with Gasteiger partial charge in [-0.05, 0) is 12.3 Å². The Balaban J connectivity index is 2.13. The Bertz CT molecular complexity index is 515. The highest BCUT2D eigenvalue weighted by molar-refractivity contribution is 6.33. The summed E-state index contributed by atoms with van der Waals surface area (Å²) >= 11 is 6.12. The maximum Gasteiger partial charge on any atom is 0.276 e. The average Bonchev–Trinajstić information content (AvgIpc) is 2.82. The van der Waals surface area contributed by atoms with Gasteiger partial charge in [0.05, 0.1) is 17.2 Å². The second kappa shape index (κ2) is 7.47. The summed E-state index contributed by atoms with van der Waals surface area (Å²) in [5, 5.41) is 4.60. The highest BCUT2D eigenvalue weighted by atomic mass is 35.5. The predicted octanol–water partition coefficient (Wildman–Crippen LogP) is 3.13. The first-order chi connectivity index (χ1) is 10.4. The lowest BCUT2D eigenvalue weighted by Gasteiger charge is -2.39. The van der Waals surface area contributed by atoms with Gasteiger partial charge in [-0.25, -0.2) is 0 Å². The molecule has 22 heavy (non-hydrogen) atoms. The summed E-state index contributed by atoms with van der Waals surface area (Å²) in [7, 11) is 1.77. The summed E-state index contributed by atoms with van der Waals surface area (Å²) in [4.78, 5) is 14.6. The van der Waals surface area contributed by atoms with E-state index in [4.69, 9.17) is 16.3 Å². The second-order valence-corrected chi connectivity index (χ2v) is 6.80. The van der Waals surface area contributed by atoms with Crippen LogP contribution in [0.4, 0.5) is 0 Å². The van der Waals surface area contributed by atoms with Crippen LogP contribution in [-0.2, 0) is 11.8 Å². The number of carbonyl (C=O) groups excluding carboxylic acids is 1. The maximum atomic E-state index is 12.7. The Kier molecular flexibility index (Phi) is 5.87. The van der Waals surface area contributed by atoms with E-state index in [0.29, 0.717) is 29.7 Å². The minimum atomic E-state index is -0.0963. The number of ether oxygens (including phenoxy) is 1. The van der Waals surface area contributed by atoms with E-state index in [-0.39, 0.29) is 18.1 Å². The molecule has 1 saturated heterocycles. The summed E-state index contributed by atoms with van der Waals surface area (Å²) < 4.78 is 7.72. The fourth-order valence-electron chi connectivity index (χ4n) is 2.75. The molecule has 1 aliphatic heterocycles. The molecule has 1 aromatic heterocycles. The number of unbranched alkanes of at least 4 members (excludes halogenated alkanes) is 1. The number of hydrogen-bond donors (Lipinski definition) is 0. The van der Waals surface area contributed by atoms with Crippen molar-refractivity contribution in [2.45, 2.75) is 52.2 Å². The molecule has 0 N–H and O–H groups in total. The van der Waals surface area contributed by atoms with Gasteiger partial charge < -0.3 is 9.64 Å². The van der Waals surface area contributed by atoms with E-state index in [1.54, 1.807) is 17.9 Å². The van der Waals surface area contributed by atoms with Crippen LogP contribution in [0.25, 0.3) is 0 Å². The summed E-state index contributed by atoms with van der Waals surface area (Å²) in [5.74, 6) is 0.278. The van der Waals surface area contributed by atoms with E-state index < -0.39 is 0 Å². The smallest absolute Gasteiger partial charge is 0.276 e. The summed E-state index contributed by atoms with van der Waals surface area (Å²) in [6, 6.07) is 0. The van der Waals surface area contributed by atoms with Crippen LogP contribution in [0, 0.1) is 5.92 Å². The van der Waals surface area contributed by atoms with Crippen molar-refractivity contribution in [2.75, 3.05) is 13.1 Å². The fourth-order valence-corrected chi connectivity index (χ4v) is 3.01. The quantitative estimate of drug-likeness (QED) is 0.834. The first-order valence-corrected chi connectivity index (χ1v) is 8.44. The van der Waals surface area contributed by atoms with E-state index in [1.807, 2.05) is 4.90 Å².